The standard InChI is InChI=1S/C28H27FN2O3/c1-5-33-26-16-27-24(25(17-34-27)19-6-8-20(29)9-7-19)15-23(26)18(2)14-28(32)30-21-10-12-22(13-11-21)31(3)4/h6-17H,5H2,1-4H3,(H,30,32)/b18-14+. The Hall–Kier alpha value is -4.06. The topological polar surface area (TPSA) is 54.7 Å². The van der Waals surface area contributed by atoms with Crippen LogP contribution in [0.15, 0.2) is 77.4 Å². The number of fused-ring (bicyclic) bond motifs is 1. The fourth-order valence-electron chi connectivity index (χ4n) is 3.79. The Kier molecular flexibility index (Phi) is 6.68. The number of allylic oxidation sites excluding steroid dienone is 1. The quantitative estimate of drug-likeness (QED) is 0.311. The molecule has 0 aliphatic heterocycles. The van der Waals surface area contributed by atoms with Gasteiger partial charge in [-0.25, -0.2) is 4.39 Å². The second-order valence-electron chi connectivity index (χ2n) is 8.19. The lowest BCUT2D eigenvalue weighted by Gasteiger charge is -2.13. The third-order valence-corrected chi connectivity index (χ3v) is 5.55. The van der Waals surface area contributed by atoms with E-state index >= 15 is 0 Å². The molecule has 0 bridgehead atoms. The number of hydrogen-bond donors (Lipinski definition) is 1. The monoisotopic (exact) mass is 458 g/mol. The highest BCUT2D eigenvalue weighted by molar-refractivity contribution is 6.05. The van der Waals surface area contributed by atoms with Crippen LogP contribution in [0.4, 0.5) is 15.8 Å². The smallest absolute Gasteiger partial charge is 0.248 e. The zero-order valence-electron chi connectivity index (χ0n) is 19.7. The minimum Gasteiger partial charge on any atom is -0.493 e. The number of anilines is 2. The van der Waals surface area contributed by atoms with Crippen molar-refractivity contribution < 1.29 is 18.3 Å². The van der Waals surface area contributed by atoms with Crippen LogP contribution in [0.2, 0.25) is 0 Å². The maximum atomic E-state index is 13.4. The summed E-state index contributed by atoms with van der Waals surface area (Å²) in [6.45, 7) is 4.25. The van der Waals surface area contributed by atoms with Crippen LogP contribution in [-0.2, 0) is 4.79 Å². The summed E-state index contributed by atoms with van der Waals surface area (Å²) < 4.78 is 25.0. The van der Waals surface area contributed by atoms with Crippen molar-refractivity contribution in [1.29, 1.82) is 0 Å². The van der Waals surface area contributed by atoms with Crippen molar-refractivity contribution in [2.75, 3.05) is 30.9 Å². The van der Waals surface area contributed by atoms with Crippen molar-refractivity contribution in [1.82, 2.24) is 0 Å². The van der Waals surface area contributed by atoms with Gasteiger partial charge in [-0.2, -0.15) is 0 Å². The third-order valence-electron chi connectivity index (χ3n) is 5.55. The van der Waals surface area contributed by atoms with Crippen molar-refractivity contribution in [3.8, 4) is 16.9 Å². The molecule has 0 saturated heterocycles. The van der Waals surface area contributed by atoms with Crippen molar-refractivity contribution in [2.24, 2.45) is 0 Å². The van der Waals surface area contributed by atoms with Crippen LogP contribution in [0, 0.1) is 5.82 Å². The Morgan fingerprint density at radius 2 is 1.79 bits per heavy atom. The highest BCUT2D eigenvalue weighted by Crippen LogP contribution is 2.37. The molecular formula is C28H27FN2O3. The van der Waals surface area contributed by atoms with Crippen LogP contribution in [0.1, 0.15) is 19.4 Å². The average Bonchev–Trinajstić information content (AvgIpc) is 3.22. The van der Waals surface area contributed by atoms with Crippen LogP contribution >= 0.6 is 0 Å². The SMILES string of the molecule is CCOc1cc2occ(-c3ccc(F)cc3)c2cc1/C(C)=C/C(=O)Nc1ccc(N(C)C)cc1. The van der Waals surface area contributed by atoms with E-state index in [1.54, 1.807) is 24.5 Å². The number of benzene rings is 3. The second kappa shape index (κ2) is 9.83. The molecule has 1 amide bonds. The molecule has 0 aliphatic rings. The molecule has 4 aromatic rings. The van der Waals surface area contributed by atoms with Crippen LogP contribution < -0.4 is 15.0 Å². The number of furan rings is 1. The minimum absolute atomic E-state index is 0.233. The average molecular weight is 459 g/mol. The lowest BCUT2D eigenvalue weighted by molar-refractivity contribution is -0.111. The van der Waals surface area contributed by atoms with Crippen molar-refractivity contribution in [3.05, 3.63) is 84.4 Å². The van der Waals surface area contributed by atoms with E-state index in [1.165, 1.54) is 12.1 Å². The van der Waals surface area contributed by atoms with Gasteiger partial charge in [0.05, 0.1) is 12.9 Å². The Morgan fingerprint density at radius 3 is 2.44 bits per heavy atom. The molecule has 34 heavy (non-hydrogen) atoms. The van der Waals surface area contributed by atoms with Gasteiger partial charge in [0.15, 0.2) is 0 Å². The Labute approximate surface area is 198 Å². The molecule has 0 saturated carbocycles. The normalized spacial score (nSPS) is 11.5. The van der Waals surface area contributed by atoms with Crippen molar-refractivity contribution in [2.45, 2.75) is 13.8 Å². The number of carbonyl (C=O) groups excluding carboxylic acids is 1. The second-order valence-corrected chi connectivity index (χ2v) is 8.19. The summed E-state index contributed by atoms with van der Waals surface area (Å²) in [6.07, 6.45) is 3.21. The van der Waals surface area contributed by atoms with E-state index in [0.717, 1.165) is 33.3 Å². The van der Waals surface area contributed by atoms with E-state index in [2.05, 4.69) is 5.32 Å². The predicted molar refractivity (Wildman–Crippen MR) is 136 cm³/mol. The summed E-state index contributed by atoms with van der Waals surface area (Å²) >= 11 is 0. The van der Waals surface area contributed by atoms with Gasteiger partial charge in [0, 0.05) is 54.1 Å². The number of amides is 1. The highest BCUT2D eigenvalue weighted by Gasteiger charge is 2.15. The number of rotatable bonds is 7. The molecule has 3 aromatic carbocycles. The van der Waals surface area contributed by atoms with Gasteiger partial charge in [-0.15, -0.1) is 0 Å². The summed E-state index contributed by atoms with van der Waals surface area (Å²) in [4.78, 5) is 14.7. The molecule has 174 valence electrons. The summed E-state index contributed by atoms with van der Waals surface area (Å²) in [7, 11) is 3.93. The molecule has 0 aliphatic carbocycles. The van der Waals surface area contributed by atoms with Crippen LogP contribution in [0.5, 0.6) is 5.75 Å². The summed E-state index contributed by atoms with van der Waals surface area (Å²) in [5, 5.41) is 3.76. The zero-order chi connectivity index (χ0) is 24.2. The van der Waals surface area contributed by atoms with Gasteiger partial charge >= 0.3 is 0 Å². The first kappa shape index (κ1) is 23.1. The number of carbonyl (C=O) groups is 1. The van der Waals surface area contributed by atoms with E-state index in [9.17, 15) is 9.18 Å². The van der Waals surface area contributed by atoms with Gasteiger partial charge in [-0.3, -0.25) is 4.79 Å². The van der Waals surface area contributed by atoms with Gasteiger partial charge < -0.3 is 19.4 Å². The zero-order valence-corrected chi connectivity index (χ0v) is 19.7. The molecule has 5 nitrogen and oxygen atoms in total. The summed E-state index contributed by atoms with van der Waals surface area (Å²) in [5.74, 6) is 0.104. The summed E-state index contributed by atoms with van der Waals surface area (Å²) in [5.41, 5.74) is 5.65. The van der Waals surface area contributed by atoms with Gasteiger partial charge in [0.1, 0.15) is 17.1 Å². The van der Waals surface area contributed by atoms with E-state index in [1.807, 2.05) is 69.2 Å². The predicted octanol–water partition coefficient (Wildman–Crippen LogP) is 6.75. The van der Waals surface area contributed by atoms with Crippen molar-refractivity contribution in [3.63, 3.8) is 0 Å². The largest absolute Gasteiger partial charge is 0.493 e. The molecule has 1 heterocycles. The molecule has 0 unspecified atom stereocenters. The first-order valence-electron chi connectivity index (χ1n) is 11.1. The summed E-state index contributed by atoms with van der Waals surface area (Å²) in [6, 6.07) is 17.7. The number of nitrogens with one attached hydrogen (secondary N) is 1. The lowest BCUT2D eigenvalue weighted by Crippen LogP contribution is -2.10. The van der Waals surface area contributed by atoms with Gasteiger partial charge in [-0.1, -0.05) is 12.1 Å². The molecule has 0 atom stereocenters. The van der Waals surface area contributed by atoms with Crippen LogP contribution in [0.3, 0.4) is 0 Å². The van der Waals surface area contributed by atoms with Crippen LogP contribution in [0.25, 0.3) is 27.7 Å². The first-order valence-corrected chi connectivity index (χ1v) is 11.1. The minimum atomic E-state index is -0.294. The maximum absolute atomic E-state index is 13.4. The van der Waals surface area contributed by atoms with Crippen LogP contribution in [-0.4, -0.2) is 26.6 Å². The van der Waals surface area contributed by atoms with E-state index in [0.29, 0.717) is 23.6 Å². The lowest BCUT2D eigenvalue weighted by atomic mass is 9.99. The molecule has 0 fully saturated rings. The van der Waals surface area contributed by atoms with E-state index in [4.69, 9.17) is 9.15 Å². The molecule has 4 rings (SSSR count). The number of ether oxygens (including phenoxy) is 1. The number of hydrogen-bond acceptors (Lipinski definition) is 4. The Morgan fingerprint density at radius 1 is 1.09 bits per heavy atom. The molecule has 0 radical (unpaired) electrons. The van der Waals surface area contributed by atoms with Gasteiger partial charge in [0.2, 0.25) is 5.91 Å². The highest BCUT2D eigenvalue weighted by atomic mass is 19.1. The number of halogens is 1. The molecule has 0 spiro atoms. The van der Waals surface area contributed by atoms with E-state index < -0.39 is 0 Å². The first-order chi connectivity index (χ1) is 16.4. The van der Waals surface area contributed by atoms with E-state index in [-0.39, 0.29) is 11.7 Å². The Balaban J connectivity index is 1.67. The fourth-order valence-corrected chi connectivity index (χ4v) is 3.79. The molecule has 1 N–H and O–H groups in total. The van der Waals surface area contributed by atoms with Gasteiger partial charge in [-0.05, 0) is 67.4 Å². The third kappa shape index (κ3) is 4.96. The number of nitrogens with zero attached hydrogens (tertiary/aromatic N) is 1. The fraction of sp³-hybridized carbons (Fsp3) is 0.179. The maximum Gasteiger partial charge on any atom is 0.248 e. The van der Waals surface area contributed by atoms with Crippen molar-refractivity contribution >= 4 is 33.8 Å². The molecule has 1 aromatic heterocycles. The molecule has 6 heteroatoms. The van der Waals surface area contributed by atoms with Gasteiger partial charge in [0.25, 0.3) is 0 Å². The molecular weight excluding hydrogens is 431 g/mol. The Bertz CT molecular complexity index is 1340.